The Kier molecular flexibility index (Phi) is 7.91. The van der Waals surface area contributed by atoms with E-state index < -0.39 is 42.8 Å². The zero-order valence-corrected chi connectivity index (χ0v) is 20.3. The molecule has 3 saturated heterocycles. The maximum atomic E-state index is 13.1. The number of para-hydroxylation sites is 1. The molecule has 3 heterocycles. The quantitative estimate of drug-likeness (QED) is 0.413. The smallest absolute Gasteiger partial charge is 0.367 e. The number of halogens is 3. The van der Waals surface area contributed by atoms with Crippen molar-refractivity contribution in [3.05, 3.63) is 30.3 Å². The Morgan fingerprint density at radius 3 is 2.47 bits per heavy atom. The molecule has 0 bridgehead atoms. The van der Waals surface area contributed by atoms with Gasteiger partial charge < -0.3 is 19.5 Å². The third-order valence-corrected chi connectivity index (χ3v) is 6.92. The minimum Gasteiger partial charge on any atom is -0.367 e. The van der Waals surface area contributed by atoms with Crippen molar-refractivity contribution in [3.63, 3.8) is 0 Å². The first kappa shape index (κ1) is 26.1. The van der Waals surface area contributed by atoms with Crippen LogP contribution in [0.2, 0.25) is 0 Å². The molecule has 198 valence electrons. The minimum atomic E-state index is -4.33. The SMILES string of the molecule is CCCCCC1CN(CC(F)(F)F)CCN1C(=O)ON1C(=O)C2CN(c3ccccc3)CCN2C1=O. The summed E-state index contributed by atoms with van der Waals surface area (Å²) in [4.78, 5) is 50.4. The highest BCUT2D eigenvalue weighted by molar-refractivity contribution is 6.04. The first-order valence-electron chi connectivity index (χ1n) is 12.4. The van der Waals surface area contributed by atoms with Crippen LogP contribution in [0, 0.1) is 0 Å². The van der Waals surface area contributed by atoms with E-state index in [9.17, 15) is 27.6 Å². The van der Waals surface area contributed by atoms with E-state index in [1.165, 1.54) is 14.7 Å². The molecule has 0 radical (unpaired) electrons. The van der Waals surface area contributed by atoms with Crippen molar-refractivity contribution in [3.8, 4) is 0 Å². The molecule has 12 heteroatoms. The number of unbranched alkanes of at least 4 members (excludes halogenated alkanes) is 2. The number of carbonyl (C=O) groups excluding carboxylic acids is 3. The summed E-state index contributed by atoms with van der Waals surface area (Å²) >= 11 is 0. The highest BCUT2D eigenvalue weighted by Crippen LogP contribution is 2.27. The van der Waals surface area contributed by atoms with Crippen LogP contribution in [0.4, 0.5) is 28.4 Å². The summed E-state index contributed by atoms with van der Waals surface area (Å²) in [6.07, 6.45) is -2.14. The van der Waals surface area contributed by atoms with Gasteiger partial charge in [0.05, 0.1) is 6.54 Å². The first-order valence-corrected chi connectivity index (χ1v) is 12.4. The van der Waals surface area contributed by atoms with Crippen LogP contribution in [-0.4, -0.2) is 102 Å². The number of carbonyl (C=O) groups is 3. The van der Waals surface area contributed by atoms with E-state index in [0.717, 1.165) is 24.9 Å². The number of piperazine rings is 2. The number of benzene rings is 1. The van der Waals surface area contributed by atoms with Crippen molar-refractivity contribution in [2.24, 2.45) is 0 Å². The van der Waals surface area contributed by atoms with Crippen molar-refractivity contribution >= 4 is 23.7 Å². The van der Waals surface area contributed by atoms with Crippen molar-refractivity contribution < 1.29 is 32.4 Å². The molecule has 4 amide bonds. The Balaban J connectivity index is 1.41. The Labute approximate surface area is 208 Å². The summed E-state index contributed by atoms with van der Waals surface area (Å²) < 4.78 is 38.8. The van der Waals surface area contributed by atoms with E-state index in [2.05, 4.69) is 0 Å². The van der Waals surface area contributed by atoms with Gasteiger partial charge in [0.2, 0.25) is 0 Å². The van der Waals surface area contributed by atoms with Crippen molar-refractivity contribution in [2.45, 2.75) is 50.9 Å². The summed E-state index contributed by atoms with van der Waals surface area (Å²) in [6, 6.07) is 7.56. The summed E-state index contributed by atoms with van der Waals surface area (Å²) in [5.74, 6) is -0.618. The van der Waals surface area contributed by atoms with Crippen LogP contribution in [0.15, 0.2) is 30.3 Å². The van der Waals surface area contributed by atoms with Gasteiger partial charge in [0.1, 0.15) is 6.04 Å². The lowest BCUT2D eigenvalue weighted by Crippen LogP contribution is -2.57. The van der Waals surface area contributed by atoms with E-state index >= 15 is 0 Å². The number of hydrogen-bond donors (Lipinski definition) is 0. The fraction of sp³-hybridized carbons (Fsp3) is 0.625. The number of alkyl halides is 3. The average Bonchev–Trinajstić information content (AvgIpc) is 3.08. The molecular formula is C24H32F3N5O4. The number of imide groups is 1. The molecule has 0 aromatic heterocycles. The molecule has 3 aliphatic heterocycles. The minimum absolute atomic E-state index is 0.0247. The van der Waals surface area contributed by atoms with Gasteiger partial charge in [-0.1, -0.05) is 49.4 Å². The zero-order chi connectivity index (χ0) is 25.9. The van der Waals surface area contributed by atoms with E-state index in [-0.39, 0.29) is 26.2 Å². The van der Waals surface area contributed by atoms with Crippen molar-refractivity contribution in [1.29, 1.82) is 0 Å². The molecule has 0 N–H and O–H groups in total. The topological polar surface area (TPSA) is 76.6 Å². The molecule has 9 nitrogen and oxygen atoms in total. The lowest BCUT2D eigenvalue weighted by Gasteiger charge is -2.41. The van der Waals surface area contributed by atoms with Crippen molar-refractivity contribution in [2.75, 3.05) is 50.7 Å². The number of rotatable bonds is 7. The number of urea groups is 1. The number of fused-ring (bicyclic) bond motifs is 1. The van der Waals surface area contributed by atoms with Crippen LogP contribution in [0.3, 0.4) is 0 Å². The van der Waals surface area contributed by atoms with Gasteiger partial charge in [0.25, 0.3) is 5.91 Å². The van der Waals surface area contributed by atoms with Crippen LogP contribution in [0.5, 0.6) is 0 Å². The zero-order valence-electron chi connectivity index (χ0n) is 20.3. The number of amides is 4. The molecule has 0 spiro atoms. The van der Waals surface area contributed by atoms with Crippen LogP contribution in [-0.2, 0) is 9.63 Å². The Bertz CT molecular complexity index is 947. The third kappa shape index (κ3) is 5.85. The lowest BCUT2D eigenvalue weighted by molar-refractivity contribution is -0.158. The number of nitrogens with zero attached hydrogens (tertiary/aromatic N) is 5. The van der Waals surface area contributed by atoms with Crippen LogP contribution in [0.1, 0.15) is 32.6 Å². The van der Waals surface area contributed by atoms with Gasteiger partial charge in [0, 0.05) is 51.0 Å². The fourth-order valence-corrected chi connectivity index (χ4v) is 5.09. The second kappa shape index (κ2) is 10.9. The molecule has 4 rings (SSSR count). The molecule has 0 saturated carbocycles. The van der Waals surface area contributed by atoms with Crippen LogP contribution < -0.4 is 4.90 Å². The van der Waals surface area contributed by atoms with E-state index in [1.807, 2.05) is 42.2 Å². The third-order valence-electron chi connectivity index (χ3n) is 6.92. The van der Waals surface area contributed by atoms with Gasteiger partial charge in [-0.15, -0.1) is 0 Å². The molecule has 1 aromatic carbocycles. The normalized spacial score (nSPS) is 23.3. The van der Waals surface area contributed by atoms with Crippen LogP contribution in [0.25, 0.3) is 0 Å². The lowest BCUT2D eigenvalue weighted by atomic mass is 10.0. The maximum Gasteiger partial charge on any atom is 0.435 e. The predicted molar refractivity (Wildman–Crippen MR) is 125 cm³/mol. The van der Waals surface area contributed by atoms with Crippen molar-refractivity contribution in [1.82, 2.24) is 19.8 Å². The van der Waals surface area contributed by atoms with Gasteiger partial charge in [0.15, 0.2) is 0 Å². The van der Waals surface area contributed by atoms with Gasteiger partial charge in [-0.2, -0.15) is 13.2 Å². The highest BCUT2D eigenvalue weighted by Gasteiger charge is 2.51. The fourth-order valence-electron chi connectivity index (χ4n) is 5.09. The number of hydroxylamine groups is 2. The first-order chi connectivity index (χ1) is 17.2. The molecule has 2 atom stereocenters. The van der Waals surface area contributed by atoms with Crippen LogP contribution >= 0.6 is 0 Å². The summed E-state index contributed by atoms with van der Waals surface area (Å²) in [5.41, 5.74) is 0.930. The average molecular weight is 512 g/mol. The maximum absolute atomic E-state index is 13.1. The predicted octanol–water partition coefficient (Wildman–Crippen LogP) is 3.32. The summed E-state index contributed by atoms with van der Waals surface area (Å²) in [6.45, 7) is 2.19. The second-order valence-electron chi connectivity index (χ2n) is 9.46. The Morgan fingerprint density at radius 1 is 1.03 bits per heavy atom. The Morgan fingerprint density at radius 2 is 1.78 bits per heavy atom. The van der Waals surface area contributed by atoms with E-state index in [1.54, 1.807) is 0 Å². The second-order valence-corrected chi connectivity index (χ2v) is 9.46. The summed E-state index contributed by atoms with van der Waals surface area (Å²) in [7, 11) is 0. The van der Waals surface area contributed by atoms with Gasteiger partial charge in [-0.25, -0.2) is 9.59 Å². The highest BCUT2D eigenvalue weighted by atomic mass is 19.4. The monoisotopic (exact) mass is 511 g/mol. The standard InChI is InChI=1S/C24H32F3N5O4/c1-2-3-5-10-19-15-28(17-24(25,26)27)11-13-30(19)23(35)36-32-21(33)20-16-29(12-14-31(20)22(32)34)18-8-6-4-7-9-18/h4,6-9,19-20H,2-3,5,10-17H2,1H3. The Hall–Kier alpha value is -3.02. The summed E-state index contributed by atoms with van der Waals surface area (Å²) in [5, 5.41) is 0.521. The molecule has 0 aliphatic carbocycles. The van der Waals surface area contributed by atoms with Gasteiger partial charge >= 0.3 is 18.3 Å². The molecule has 1 aromatic rings. The number of anilines is 1. The molecule has 2 unspecified atom stereocenters. The van der Waals surface area contributed by atoms with E-state index in [4.69, 9.17) is 4.84 Å². The molecule has 3 aliphatic rings. The van der Waals surface area contributed by atoms with E-state index in [0.29, 0.717) is 24.6 Å². The molecule has 3 fully saturated rings. The van der Waals surface area contributed by atoms with Gasteiger partial charge in [-0.05, 0) is 18.6 Å². The molecular weight excluding hydrogens is 479 g/mol. The number of hydrogen-bond acceptors (Lipinski definition) is 6. The molecule has 36 heavy (non-hydrogen) atoms. The van der Waals surface area contributed by atoms with Gasteiger partial charge in [-0.3, -0.25) is 9.69 Å². The largest absolute Gasteiger partial charge is 0.435 e.